The van der Waals surface area contributed by atoms with E-state index in [1.165, 1.54) is 0 Å². The van der Waals surface area contributed by atoms with Gasteiger partial charge in [0, 0.05) is 56.4 Å². The zero-order valence-electron chi connectivity index (χ0n) is 38.6. The molecule has 0 aliphatic carbocycles. The van der Waals surface area contributed by atoms with Gasteiger partial charge in [-0.25, -0.2) is 19.5 Å². The highest BCUT2D eigenvalue weighted by Crippen LogP contribution is 2.75. The molecule has 0 spiro atoms. The largest absolute Gasteiger partial charge is 0.477 e. The normalized spacial score (nSPS) is 14.4. The summed E-state index contributed by atoms with van der Waals surface area (Å²) in [7, 11) is 0.602. The highest BCUT2D eigenvalue weighted by atomic mass is 31.2. The van der Waals surface area contributed by atoms with Crippen LogP contribution < -0.4 is 16.0 Å². The highest BCUT2D eigenvalue weighted by Gasteiger charge is 2.67. The first kappa shape index (κ1) is 47.3. The van der Waals surface area contributed by atoms with Gasteiger partial charge >= 0.3 is 7.82 Å². The van der Waals surface area contributed by atoms with Crippen molar-refractivity contribution < 1.29 is 18.1 Å². The van der Waals surface area contributed by atoms with Crippen LogP contribution >= 0.6 is 7.82 Å². The Morgan fingerprint density at radius 2 is 0.607 bits per heavy atom. The molecule has 0 saturated carbocycles. The first-order valence-corrected chi connectivity index (χ1v) is 21.4. The molecule has 3 aromatic rings. The van der Waals surface area contributed by atoms with E-state index in [2.05, 4.69) is 141 Å². The third-order valence-corrected chi connectivity index (χ3v) is 12.8. The number of phosphoric acid groups is 1. The van der Waals surface area contributed by atoms with Crippen LogP contribution in [0, 0.1) is 32.5 Å². The number of hydrogen-bond acceptors (Lipinski definition) is 10. The SMILES string of the molecule is CNc1ncccc1C(OP(=O)(OC(c1cccnc1NC)(C(C)(C)C)C(C)(C)C)OC(c1cccnc1NC)(C(C)(C)C)C(C)(C)C)(C(C)(C)C)C(C)(C)C. The second kappa shape index (κ2) is 15.6. The van der Waals surface area contributed by atoms with Crippen LogP contribution in [0.5, 0.6) is 0 Å². The molecule has 3 N–H and O–H groups in total. The molecule has 0 fully saturated rings. The average molecular weight is 795 g/mol. The summed E-state index contributed by atoms with van der Waals surface area (Å²) in [5.74, 6) is 1.82. The Kier molecular flexibility index (Phi) is 13.2. The molecule has 11 heteroatoms. The minimum atomic E-state index is -4.92. The average Bonchev–Trinajstić information content (AvgIpc) is 3.05. The molecule has 0 atom stereocenters. The van der Waals surface area contributed by atoms with Crippen LogP contribution in [0.1, 0.15) is 141 Å². The van der Waals surface area contributed by atoms with Crippen LogP contribution in [0.4, 0.5) is 17.5 Å². The molecular weight excluding hydrogens is 720 g/mol. The van der Waals surface area contributed by atoms with Gasteiger partial charge in [-0.15, -0.1) is 0 Å². The number of hydrogen-bond donors (Lipinski definition) is 3. The Morgan fingerprint density at radius 3 is 0.768 bits per heavy atom. The topological polar surface area (TPSA) is 120 Å². The minimum Gasteiger partial charge on any atom is -0.373 e. The van der Waals surface area contributed by atoms with Gasteiger partial charge < -0.3 is 16.0 Å². The summed E-state index contributed by atoms with van der Waals surface area (Å²) in [6.45, 7) is 37.9. The molecule has 10 nitrogen and oxygen atoms in total. The predicted molar refractivity (Wildman–Crippen MR) is 234 cm³/mol. The van der Waals surface area contributed by atoms with Gasteiger partial charge in [0.05, 0.1) is 0 Å². The maximum absolute atomic E-state index is 17.5. The van der Waals surface area contributed by atoms with E-state index in [4.69, 9.17) is 28.5 Å². The molecule has 56 heavy (non-hydrogen) atoms. The molecular formula is C45H75N6O4P. The van der Waals surface area contributed by atoms with E-state index in [1.54, 1.807) is 18.6 Å². The molecule has 0 aliphatic heterocycles. The lowest BCUT2D eigenvalue weighted by atomic mass is 9.59. The summed E-state index contributed by atoms with van der Waals surface area (Å²) >= 11 is 0. The van der Waals surface area contributed by atoms with Crippen molar-refractivity contribution in [2.75, 3.05) is 37.1 Å². The molecule has 3 heterocycles. The van der Waals surface area contributed by atoms with Gasteiger partial charge in [0.15, 0.2) is 0 Å². The number of pyridine rings is 3. The number of aromatic nitrogens is 3. The first-order valence-electron chi connectivity index (χ1n) is 19.9. The van der Waals surface area contributed by atoms with Crippen LogP contribution in [-0.4, -0.2) is 36.1 Å². The maximum atomic E-state index is 17.5. The van der Waals surface area contributed by atoms with E-state index in [-0.39, 0.29) is 0 Å². The molecule has 0 saturated heterocycles. The summed E-state index contributed by atoms with van der Waals surface area (Å²) in [4.78, 5) is 14.3. The highest BCUT2D eigenvalue weighted by molar-refractivity contribution is 7.48. The number of anilines is 3. The van der Waals surface area contributed by atoms with Gasteiger partial charge in [0.25, 0.3) is 0 Å². The van der Waals surface area contributed by atoms with E-state index >= 15 is 4.57 Å². The van der Waals surface area contributed by atoms with Gasteiger partial charge in [-0.1, -0.05) is 143 Å². The van der Waals surface area contributed by atoms with Crippen molar-refractivity contribution in [2.45, 2.75) is 141 Å². The van der Waals surface area contributed by atoms with Crippen LogP contribution in [0.25, 0.3) is 0 Å². The number of phosphoric ester groups is 1. The fraction of sp³-hybridized carbons (Fsp3) is 0.667. The van der Waals surface area contributed by atoms with Gasteiger partial charge in [0.2, 0.25) is 0 Å². The summed E-state index contributed by atoms with van der Waals surface area (Å²) in [6.07, 6.45) is 5.24. The van der Waals surface area contributed by atoms with E-state index in [0.717, 1.165) is 16.7 Å². The monoisotopic (exact) mass is 795 g/mol. The van der Waals surface area contributed by atoms with Crippen molar-refractivity contribution in [3.05, 3.63) is 71.7 Å². The van der Waals surface area contributed by atoms with Crippen LogP contribution in [-0.2, 0) is 34.9 Å². The lowest BCUT2D eigenvalue weighted by molar-refractivity contribution is -0.211. The standard InChI is InChI=1S/C45H75N6O4P/c1-37(2,3)43(38(4,5)6,31-25-22-28-49-34(31)46-19)53-56(52,54-44(39(7,8)9,40(10,11)12)32-26-23-29-50-35(32)47-20)55-45(41(13,14)15,42(16,17)18)33-27-24-30-51-36(33)48-21/h22-30H,1-21H3,(H,46,49)(H,47,50)(H,48,51). The van der Waals surface area contributed by atoms with Crippen molar-refractivity contribution in [1.82, 2.24) is 15.0 Å². The van der Waals surface area contributed by atoms with Crippen molar-refractivity contribution in [3.8, 4) is 0 Å². The Hall–Kier alpha value is -3.04. The van der Waals surface area contributed by atoms with Crippen LogP contribution in [0.3, 0.4) is 0 Å². The van der Waals surface area contributed by atoms with Gasteiger partial charge in [0.1, 0.15) is 34.3 Å². The fourth-order valence-electron chi connectivity index (χ4n) is 9.99. The second-order valence-corrected chi connectivity index (χ2v) is 22.7. The zero-order valence-corrected chi connectivity index (χ0v) is 39.5. The van der Waals surface area contributed by atoms with Crippen molar-refractivity contribution in [1.29, 1.82) is 0 Å². The third-order valence-electron chi connectivity index (χ3n) is 11.4. The second-order valence-electron chi connectivity index (χ2n) is 21.2. The zero-order chi connectivity index (χ0) is 43.2. The summed E-state index contributed by atoms with van der Waals surface area (Å²) in [5, 5.41) is 9.93. The first-order chi connectivity index (χ1) is 25.3. The molecule has 0 bridgehead atoms. The van der Waals surface area contributed by atoms with Gasteiger partial charge in [-0.05, 0) is 50.7 Å². The van der Waals surface area contributed by atoms with Gasteiger partial charge in [-0.2, -0.15) is 0 Å². The molecule has 0 unspecified atom stereocenters. The van der Waals surface area contributed by atoms with Gasteiger partial charge in [-0.3, -0.25) is 13.6 Å². The smallest absolute Gasteiger partial charge is 0.373 e. The minimum absolute atomic E-state index is 0.606. The Morgan fingerprint density at radius 1 is 0.411 bits per heavy atom. The molecule has 314 valence electrons. The van der Waals surface area contributed by atoms with E-state index in [0.29, 0.717) is 17.5 Å². The maximum Gasteiger partial charge on any atom is 0.477 e. The molecule has 0 aliphatic rings. The molecule has 0 amide bonds. The third kappa shape index (κ3) is 8.02. The Bertz CT molecular complexity index is 1600. The summed E-state index contributed by atoms with van der Waals surface area (Å²) < 4.78 is 40.6. The molecule has 3 rings (SSSR count). The van der Waals surface area contributed by atoms with Crippen LogP contribution in [0.2, 0.25) is 0 Å². The lowest BCUT2D eigenvalue weighted by Gasteiger charge is -2.59. The Balaban J connectivity index is 2.80. The molecule has 3 aromatic heterocycles. The van der Waals surface area contributed by atoms with Crippen molar-refractivity contribution in [3.63, 3.8) is 0 Å². The molecule has 0 aromatic carbocycles. The van der Waals surface area contributed by atoms with E-state index in [1.807, 2.05) is 57.5 Å². The quantitative estimate of drug-likeness (QED) is 0.153. The van der Waals surface area contributed by atoms with Crippen LogP contribution in [0.15, 0.2) is 55.0 Å². The predicted octanol–water partition coefficient (Wildman–Crippen LogP) is 12.4. The summed E-state index contributed by atoms with van der Waals surface area (Å²) in [5.41, 5.74) is -6.09. The Labute approximate surface area is 340 Å². The molecule has 0 radical (unpaired) electrons. The fourth-order valence-corrected chi connectivity index (χ4v) is 13.0. The van der Waals surface area contributed by atoms with Crippen molar-refractivity contribution in [2.24, 2.45) is 32.5 Å². The van der Waals surface area contributed by atoms with E-state index in [9.17, 15) is 0 Å². The van der Waals surface area contributed by atoms with E-state index < -0.39 is 57.1 Å². The summed E-state index contributed by atoms with van der Waals surface area (Å²) in [6, 6.07) is 11.7. The lowest BCUT2D eigenvalue weighted by Crippen LogP contribution is -2.57. The number of rotatable bonds is 12. The van der Waals surface area contributed by atoms with Crippen molar-refractivity contribution >= 4 is 25.3 Å². The number of nitrogens with zero attached hydrogens (tertiary/aromatic N) is 3. The number of nitrogens with one attached hydrogen (secondary N) is 3.